The zero-order valence-electron chi connectivity index (χ0n) is 12.3. The topological polar surface area (TPSA) is 41.3 Å². The number of hydrogen-bond acceptors (Lipinski definition) is 3. The number of rotatable bonds is 3. The number of para-hydroxylation sites is 1. The van der Waals surface area contributed by atoms with E-state index in [1.807, 2.05) is 11.7 Å². The van der Waals surface area contributed by atoms with E-state index in [1.54, 1.807) is 0 Å². The highest BCUT2D eigenvalue weighted by molar-refractivity contribution is 5.81. The average Bonchev–Trinajstić information content (AvgIpc) is 2.78. The van der Waals surface area contributed by atoms with Crippen molar-refractivity contribution in [3.63, 3.8) is 0 Å². The molecule has 2 heterocycles. The summed E-state index contributed by atoms with van der Waals surface area (Å²) in [6.45, 7) is 4.98. The molecule has 1 fully saturated rings. The van der Waals surface area contributed by atoms with Crippen molar-refractivity contribution >= 4 is 10.9 Å². The van der Waals surface area contributed by atoms with Crippen molar-refractivity contribution in [2.45, 2.75) is 32.4 Å². The molecule has 4 heteroatoms. The molecule has 1 aromatic heterocycles. The minimum Gasteiger partial charge on any atom is -0.393 e. The minimum atomic E-state index is -0.128. The monoisotopic (exact) mass is 273 g/mol. The molecular formula is C16H23N3O. The van der Waals surface area contributed by atoms with Gasteiger partial charge in [0.25, 0.3) is 0 Å². The van der Waals surface area contributed by atoms with E-state index in [9.17, 15) is 5.11 Å². The maximum atomic E-state index is 9.98. The van der Waals surface area contributed by atoms with E-state index in [0.717, 1.165) is 38.2 Å². The predicted molar refractivity (Wildman–Crippen MR) is 80.4 cm³/mol. The van der Waals surface area contributed by atoms with Gasteiger partial charge in [0.2, 0.25) is 0 Å². The summed E-state index contributed by atoms with van der Waals surface area (Å²) in [6, 6.07) is 8.38. The molecule has 0 aliphatic carbocycles. The van der Waals surface area contributed by atoms with Crippen molar-refractivity contribution in [2.24, 2.45) is 13.0 Å². The molecule has 1 aromatic carbocycles. The molecule has 0 radical (unpaired) electrons. The molecule has 108 valence electrons. The Kier molecular flexibility index (Phi) is 3.76. The van der Waals surface area contributed by atoms with Crippen molar-refractivity contribution < 1.29 is 5.11 Å². The minimum absolute atomic E-state index is 0.128. The smallest absolute Gasteiger partial charge is 0.0843 e. The summed E-state index contributed by atoms with van der Waals surface area (Å²) in [7, 11) is 2.00. The number of aliphatic hydroxyl groups is 1. The van der Waals surface area contributed by atoms with Crippen molar-refractivity contribution in [1.29, 1.82) is 0 Å². The Labute approximate surface area is 120 Å². The highest BCUT2D eigenvalue weighted by Gasteiger charge is 2.27. The Bertz CT molecular complexity index is 592. The first-order valence-corrected chi connectivity index (χ1v) is 7.50. The maximum Gasteiger partial charge on any atom is 0.0843 e. The molecule has 4 nitrogen and oxygen atoms in total. The second kappa shape index (κ2) is 5.54. The summed E-state index contributed by atoms with van der Waals surface area (Å²) in [4.78, 5) is 2.43. The van der Waals surface area contributed by atoms with Crippen molar-refractivity contribution in [1.82, 2.24) is 14.7 Å². The molecule has 0 amide bonds. The van der Waals surface area contributed by atoms with E-state index < -0.39 is 0 Å². The average molecular weight is 273 g/mol. The number of likely N-dealkylation sites (tertiary alicyclic amines) is 1. The third kappa shape index (κ3) is 2.45. The van der Waals surface area contributed by atoms with Gasteiger partial charge in [-0.1, -0.05) is 25.1 Å². The number of piperidine rings is 1. The van der Waals surface area contributed by atoms with Gasteiger partial charge in [-0.15, -0.1) is 0 Å². The molecule has 3 rings (SSSR count). The fourth-order valence-corrected chi connectivity index (χ4v) is 3.26. The van der Waals surface area contributed by atoms with Crippen LogP contribution in [0.1, 0.15) is 25.5 Å². The lowest BCUT2D eigenvalue weighted by atomic mass is 9.92. The number of aromatic nitrogens is 2. The Hall–Kier alpha value is -1.39. The zero-order chi connectivity index (χ0) is 14.1. The molecule has 2 aromatic rings. The SMILES string of the molecule is CCC1CN(Cc2nn(C)c3ccccc23)CCC1O. The Morgan fingerprint density at radius 1 is 1.35 bits per heavy atom. The number of nitrogens with zero attached hydrogens (tertiary/aromatic N) is 3. The summed E-state index contributed by atoms with van der Waals surface area (Å²) < 4.78 is 1.96. The van der Waals surface area contributed by atoms with Gasteiger partial charge in [-0.05, 0) is 24.8 Å². The number of aliphatic hydroxyl groups excluding tert-OH is 1. The van der Waals surface area contributed by atoms with Crippen LogP contribution in [0.2, 0.25) is 0 Å². The van der Waals surface area contributed by atoms with Gasteiger partial charge < -0.3 is 5.11 Å². The van der Waals surface area contributed by atoms with E-state index in [4.69, 9.17) is 0 Å². The first kappa shape index (κ1) is 13.6. The highest BCUT2D eigenvalue weighted by Crippen LogP contribution is 2.24. The van der Waals surface area contributed by atoms with Crippen LogP contribution in [0.15, 0.2) is 24.3 Å². The van der Waals surface area contributed by atoms with Gasteiger partial charge in [0, 0.05) is 32.1 Å². The molecule has 20 heavy (non-hydrogen) atoms. The molecule has 0 spiro atoms. The first-order valence-electron chi connectivity index (χ1n) is 7.50. The van der Waals surface area contributed by atoms with Crippen LogP contribution in [0.25, 0.3) is 10.9 Å². The molecule has 2 atom stereocenters. The van der Waals surface area contributed by atoms with Crippen LogP contribution in [-0.4, -0.2) is 39.0 Å². The second-order valence-electron chi connectivity index (χ2n) is 5.85. The molecule has 0 bridgehead atoms. The fraction of sp³-hybridized carbons (Fsp3) is 0.562. The molecule has 1 aliphatic heterocycles. The van der Waals surface area contributed by atoms with Gasteiger partial charge in [0.1, 0.15) is 0 Å². The number of aryl methyl sites for hydroxylation is 1. The van der Waals surface area contributed by atoms with Gasteiger partial charge in [0.15, 0.2) is 0 Å². The molecule has 1 saturated heterocycles. The highest BCUT2D eigenvalue weighted by atomic mass is 16.3. The van der Waals surface area contributed by atoms with Gasteiger partial charge in [0.05, 0.1) is 17.3 Å². The zero-order valence-corrected chi connectivity index (χ0v) is 12.3. The third-order valence-corrected chi connectivity index (χ3v) is 4.51. The van der Waals surface area contributed by atoms with E-state index >= 15 is 0 Å². The van der Waals surface area contributed by atoms with E-state index in [2.05, 4.69) is 41.2 Å². The van der Waals surface area contributed by atoms with Crippen LogP contribution < -0.4 is 0 Å². The van der Waals surface area contributed by atoms with Gasteiger partial charge >= 0.3 is 0 Å². The van der Waals surface area contributed by atoms with Crippen LogP contribution in [0, 0.1) is 5.92 Å². The molecule has 0 saturated carbocycles. The lowest BCUT2D eigenvalue weighted by molar-refractivity contribution is 0.0218. The van der Waals surface area contributed by atoms with Crippen molar-refractivity contribution in [3.8, 4) is 0 Å². The molecule has 1 N–H and O–H groups in total. The summed E-state index contributed by atoms with van der Waals surface area (Å²) in [5, 5.41) is 15.9. The Balaban J connectivity index is 1.80. The maximum absolute atomic E-state index is 9.98. The van der Waals surface area contributed by atoms with Crippen molar-refractivity contribution in [3.05, 3.63) is 30.0 Å². The standard InChI is InChI=1S/C16H23N3O/c1-3-12-10-19(9-8-16(12)20)11-14-13-6-4-5-7-15(13)18(2)17-14/h4-7,12,16,20H,3,8-11H2,1-2H3. The second-order valence-corrected chi connectivity index (χ2v) is 5.85. The number of benzene rings is 1. The first-order chi connectivity index (χ1) is 9.69. The van der Waals surface area contributed by atoms with Crippen LogP contribution in [-0.2, 0) is 13.6 Å². The molecule has 1 aliphatic rings. The largest absolute Gasteiger partial charge is 0.393 e. The normalized spacial score (nSPS) is 24.4. The van der Waals surface area contributed by atoms with E-state index in [0.29, 0.717) is 5.92 Å². The van der Waals surface area contributed by atoms with Crippen LogP contribution in [0.5, 0.6) is 0 Å². The Morgan fingerprint density at radius 2 is 2.15 bits per heavy atom. The van der Waals surface area contributed by atoms with Gasteiger partial charge in [-0.3, -0.25) is 9.58 Å². The molecule has 2 unspecified atom stereocenters. The lowest BCUT2D eigenvalue weighted by Gasteiger charge is -2.35. The number of hydrogen-bond donors (Lipinski definition) is 1. The lowest BCUT2D eigenvalue weighted by Crippen LogP contribution is -2.42. The summed E-state index contributed by atoms with van der Waals surface area (Å²) >= 11 is 0. The van der Waals surface area contributed by atoms with Crippen LogP contribution >= 0.6 is 0 Å². The summed E-state index contributed by atoms with van der Waals surface area (Å²) in [5.41, 5.74) is 2.33. The van der Waals surface area contributed by atoms with Crippen LogP contribution in [0.3, 0.4) is 0 Å². The third-order valence-electron chi connectivity index (χ3n) is 4.51. The van der Waals surface area contributed by atoms with Crippen molar-refractivity contribution in [2.75, 3.05) is 13.1 Å². The van der Waals surface area contributed by atoms with Gasteiger partial charge in [-0.2, -0.15) is 5.10 Å². The summed E-state index contributed by atoms with van der Waals surface area (Å²) in [6.07, 6.45) is 1.79. The molecular weight excluding hydrogens is 250 g/mol. The number of fused-ring (bicyclic) bond motifs is 1. The summed E-state index contributed by atoms with van der Waals surface area (Å²) in [5.74, 6) is 0.402. The Morgan fingerprint density at radius 3 is 2.95 bits per heavy atom. The predicted octanol–water partition coefficient (Wildman–Crippen LogP) is 2.17. The van der Waals surface area contributed by atoms with E-state index in [1.165, 1.54) is 10.9 Å². The fourth-order valence-electron chi connectivity index (χ4n) is 3.26. The van der Waals surface area contributed by atoms with Gasteiger partial charge in [-0.25, -0.2) is 0 Å². The quantitative estimate of drug-likeness (QED) is 0.932. The van der Waals surface area contributed by atoms with E-state index in [-0.39, 0.29) is 6.10 Å². The van der Waals surface area contributed by atoms with Crippen LogP contribution in [0.4, 0.5) is 0 Å².